The van der Waals surface area contributed by atoms with Gasteiger partial charge in [0.2, 0.25) is 5.91 Å². The van der Waals surface area contributed by atoms with Crippen LogP contribution in [0.15, 0.2) is 12.1 Å². The standard InChI is InChI=1S/C18H26N2O5/c1-11(21)25-15-7-6-14(13-5-8-16(23)20-17(13)15)24-10-12(22)9-19-18(2,3)4/h6-7,12,19,22H,5,8-10H2,1-4H3,(H,20,23). The highest BCUT2D eigenvalue weighted by atomic mass is 16.5. The number of hydrogen-bond donors (Lipinski definition) is 3. The van der Waals surface area contributed by atoms with Crippen molar-refractivity contribution in [3.8, 4) is 11.5 Å². The van der Waals surface area contributed by atoms with E-state index < -0.39 is 12.1 Å². The number of aliphatic hydroxyl groups excluding tert-OH is 1. The Morgan fingerprint density at radius 3 is 2.64 bits per heavy atom. The number of benzene rings is 1. The quantitative estimate of drug-likeness (QED) is 0.533. The van der Waals surface area contributed by atoms with Gasteiger partial charge in [-0.2, -0.15) is 0 Å². The van der Waals surface area contributed by atoms with Crippen molar-refractivity contribution in [1.82, 2.24) is 5.32 Å². The number of nitrogens with one attached hydrogen (secondary N) is 2. The van der Waals surface area contributed by atoms with Crippen LogP contribution >= 0.6 is 0 Å². The first kappa shape index (κ1) is 19.2. The summed E-state index contributed by atoms with van der Waals surface area (Å²) in [6, 6.07) is 3.28. The first-order valence-corrected chi connectivity index (χ1v) is 8.36. The van der Waals surface area contributed by atoms with Crippen LogP contribution in [-0.4, -0.2) is 41.8 Å². The number of aliphatic hydroxyl groups is 1. The minimum atomic E-state index is -0.666. The van der Waals surface area contributed by atoms with Crippen molar-refractivity contribution in [3.05, 3.63) is 17.7 Å². The number of ether oxygens (including phenoxy) is 2. The van der Waals surface area contributed by atoms with E-state index in [0.29, 0.717) is 36.6 Å². The summed E-state index contributed by atoms with van der Waals surface area (Å²) in [5.74, 6) is 0.283. The molecule has 7 heteroatoms. The van der Waals surface area contributed by atoms with Gasteiger partial charge in [-0.15, -0.1) is 0 Å². The number of anilines is 1. The van der Waals surface area contributed by atoms with E-state index in [0.717, 1.165) is 5.56 Å². The molecule has 1 aromatic rings. The van der Waals surface area contributed by atoms with Crippen molar-refractivity contribution >= 4 is 17.6 Å². The predicted octanol–water partition coefficient (Wildman–Crippen LogP) is 1.62. The Labute approximate surface area is 147 Å². The summed E-state index contributed by atoms with van der Waals surface area (Å²) >= 11 is 0. The molecule has 0 saturated heterocycles. The first-order valence-electron chi connectivity index (χ1n) is 8.36. The number of fused-ring (bicyclic) bond motifs is 1. The van der Waals surface area contributed by atoms with Crippen molar-refractivity contribution in [1.29, 1.82) is 0 Å². The minimum absolute atomic E-state index is 0.0872. The summed E-state index contributed by atoms with van der Waals surface area (Å²) in [5.41, 5.74) is 1.15. The van der Waals surface area contributed by atoms with Gasteiger partial charge in [0.15, 0.2) is 5.75 Å². The van der Waals surface area contributed by atoms with Gasteiger partial charge < -0.3 is 25.2 Å². The largest absolute Gasteiger partial charge is 0.490 e. The number of hydrogen-bond acceptors (Lipinski definition) is 6. The molecule has 2 rings (SSSR count). The lowest BCUT2D eigenvalue weighted by Crippen LogP contribution is -2.42. The molecule has 0 aliphatic carbocycles. The Kier molecular flexibility index (Phi) is 6.02. The summed E-state index contributed by atoms with van der Waals surface area (Å²) in [5, 5.41) is 16.0. The summed E-state index contributed by atoms with van der Waals surface area (Å²) in [6.07, 6.45) is 0.157. The molecule has 0 aromatic heterocycles. The third kappa shape index (κ3) is 5.72. The van der Waals surface area contributed by atoms with Crippen LogP contribution in [0, 0.1) is 0 Å². The van der Waals surface area contributed by atoms with Gasteiger partial charge in [-0.3, -0.25) is 9.59 Å². The SMILES string of the molecule is CC(=O)Oc1ccc(OCC(O)CNC(C)(C)C)c2c1NC(=O)CC2. The maximum absolute atomic E-state index is 11.7. The Morgan fingerprint density at radius 2 is 2.00 bits per heavy atom. The average Bonchev–Trinajstić information content (AvgIpc) is 2.51. The van der Waals surface area contributed by atoms with Gasteiger partial charge in [0.1, 0.15) is 18.5 Å². The summed E-state index contributed by atoms with van der Waals surface area (Å²) in [6.45, 7) is 7.90. The molecule has 0 bridgehead atoms. The zero-order valence-electron chi connectivity index (χ0n) is 15.1. The number of β-amino-alcohol motifs (C(OH)–C–C–N with tert-alkyl or cyclic N) is 1. The number of esters is 1. The minimum Gasteiger partial charge on any atom is -0.490 e. The van der Waals surface area contributed by atoms with Crippen LogP contribution < -0.4 is 20.1 Å². The number of rotatable bonds is 6. The fourth-order valence-corrected chi connectivity index (χ4v) is 2.48. The van der Waals surface area contributed by atoms with Gasteiger partial charge in [-0.05, 0) is 39.3 Å². The second-order valence-electron chi connectivity index (χ2n) is 7.15. The van der Waals surface area contributed by atoms with E-state index in [-0.39, 0.29) is 18.1 Å². The van der Waals surface area contributed by atoms with Crippen molar-refractivity contribution in [2.24, 2.45) is 0 Å². The molecule has 0 fully saturated rings. The smallest absolute Gasteiger partial charge is 0.308 e. The molecule has 0 spiro atoms. The molecule has 1 aromatic carbocycles. The highest BCUT2D eigenvalue weighted by Gasteiger charge is 2.24. The third-order valence-corrected chi connectivity index (χ3v) is 3.65. The van der Waals surface area contributed by atoms with Crippen LogP contribution in [0.25, 0.3) is 0 Å². The Morgan fingerprint density at radius 1 is 1.32 bits per heavy atom. The normalized spacial score (nSPS) is 15.2. The van der Waals surface area contributed by atoms with Crippen molar-refractivity contribution in [3.63, 3.8) is 0 Å². The molecule has 7 nitrogen and oxygen atoms in total. The lowest BCUT2D eigenvalue weighted by Gasteiger charge is -2.25. The van der Waals surface area contributed by atoms with E-state index in [2.05, 4.69) is 10.6 Å². The van der Waals surface area contributed by atoms with E-state index in [1.807, 2.05) is 20.8 Å². The van der Waals surface area contributed by atoms with E-state index >= 15 is 0 Å². The number of amides is 1. The molecule has 25 heavy (non-hydrogen) atoms. The third-order valence-electron chi connectivity index (χ3n) is 3.65. The van der Waals surface area contributed by atoms with Crippen molar-refractivity contribution in [2.45, 2.75) is 52.2 Å². The predicted molar refractivity (Wildman–Crippen MR) is 94.0 cm³/mol. The summed E-state index contributed by atoms with van der Waals surface area (Å²) in [7, 11) is 0. The van der Waals surface area contributed by atoms with Gasteiger partial charge in [0.25, 0.3) is 0 Å². The Bertz CT molecular complexity index is 652. The van der Waals surface area contributed by atoms with E-state index in [1.54, 1.807) is 12.1 Å². The van der Waals surface area contributed by atoms with Crippen LogP contribution in [0.2, 0.25) is 0 Å². The van der Waals surface area contributed by atoms with Crippen molar-refractivity contribution in [2.75, 3.05) is 18.5 Å². The molecule has 1 heterocycles. The van der Waals surface area contributed by atoms with E-state index in [1.165, 1.54) is 6.92 Å². The molecular weight excluding hydrogens is 324 g/mol. The molecule has 1 unspecified atom stereocenters. The van der Waals surface area contributed by atoms with Crippen LogP contribution in [0.3, 0.4) is 0 Å². The molecule has 0 radical (unpaired) electrons. The lowest BCUT2D eigenvalue weighted by atomic mass is 10.0. The van der Waals surface area contributed by atoms with Gasteiger partial charge in [0, 0.05) is 31.0 Å². The van der Waals surface area contributed by atoms with Crippen LogP contribution in [0.1, 0.15) is 39.7 Å². The number of carbonyl (C=O) groups is 2. The molecule has 1 amide bonds. The molecule has 1 aliphatic heterocycles. The van der Waals surface area contributed by atoms with Crippen LogP contribution in [0.4, 0.5) is 5.69 Å². The lowest BCUT2D eigenvalue weighted by molar-refractivity contribution is -0.132. The molecule has 0 saturated carbocycles. The van der Waals surface area contributed by atoms with E-state index in [4.69, 9.17) is 9.47 Å². The highest BCUT2D eigenvalue weighted by molar-refractivity contribution is 5.97. The number of carbonyl (C=O) groups excluding carboxylic acids is 2. The second kappa shape index (κ2) is 7.84. The highest BCUT2D eigenvalue weighted by Crippen LogP contribution is 2.39. The topological polar surface area (TPSA) is 96.9 Å². The molecule has 1 aliphatic rings. The molecular formula is C18H26N2O5. The maximum Gasteiger partial charge on any atom is 0.308 e. The Balaban J connectivity index is 2.10. The molecule has 3 N–H and O–H groups in total. The summed E-state index contributed by atoms with van der Waals surface area (Å²) < 4.78 is 10.9. The first-order chi connectivity index (χ1) is 11.7. The van der Waals surface area contributed by atoms with Crippen LogP contribution in [-0.2, 0) is 16.0 Å². The summed E-state index contributed by atoms with van der Waals surface area (Å²) in [4.78, 5) is 22.9. The van der Waals surface area contributed by atoms with Crippen molar-refractivity contribution < 1.29 is 24.2 Å². The fraction of sp³-hybridized carbons (Fsp3) is 0.556. The zero-order chi connectivity index (χ0) is 18.6. The van der Waals surface area contributed by atoms with Gasteiger partial charge in [0.05, 0.1) is 5.69 Å². The van der Waals surface area contributed by atoms with E-state index in [9.17, 15) is 14.7 Å². The Hall–Kier alpha value is -2.12. The second-order valence-corrected chi connectivity index (χ2v) is 7.15. The van der Waals surface area contributed by atoms with Gasteiger partial charge in [-0.1, -0.05) is 0 Å². The zero-order valence-corrected chi connectivity index (χ0v) is 15.1. The maximum atomic E-state index is 11.7. The molecule has 1 atom stereocenters. The van der Waals surface area contributed by atoms with Gasteiger partial charge in [-0.25, -0.2) is 0 Å². The fourth-order valence-electron chi connectivity index (χ4n) is 2.48. The van der Waals surface area contributed by atoms with Crippen LogP contribution in [0.5, 0.6) is 11.5 Å². The average molecular weight is 350 g/mol. The molecule has 138 valence electrons. The van der Waals surface area contributed by atoms with Gasteiger partial charge >= 0.3 is 5.97 Å². The monoisotopic (exact) mass is 350 g/mol.